The summed E-state index contributed by atoms with van der Waals surface area (Å²) in [5, 5.41) is 18.2. The van der Waals surface area contributed by atoms with Gasteiger partial charge in [0, 0.05) is 0 Å². The van der Waals surface area contributed by atoms with Crippen molar-refractivity contribution in [1.29, 1.82) is 5.26 Å². The maximum absolute atomic E-state index is 12.0. The van der Waals surface area contributed by atoms with Crippen molar-refractivity contribution in [3.8, 4) is 6.07 Å². The molecule has 0 aliphatic carbocycles. The Morgan fingerprint density at radius 2 is 1.89 bits per heavy atom. The molecule has 0 radical (unpaired) electrons. The van der Waals surface area contributed by atoms with Crippen LogP contribution in [0.4, 0.5) is 0 Å². The topological polar surface area (TPSA) is 90.2 Å². The second kappa shape index (κ2) is 5.70. The van der Waals surface area contributed by atoms with E-state index < -0.39 is 21.7 Å². The Kier molecular flexibility index (Phi) is 4.69. The Balaban J connectivity index is 2.83. The minimum atomic E-state index is -3.55. The van der Waals surface area contributed by atoms with Crippen LogP contribution in [0.2, 0.25) is 0 Å². The first-order valence-electron chi connectivity index (χ1n) is 5.85. The van der Waals surface area contributed by atoms with Gasteiger partial charge in [-0.2, -0.15) is 5.26 Å². The van der Waals surface area contributed by atoms with E-state index in [2.05, 4.69) is 4.72 Å². The molecule has 0 bridgehead atoms. The summed E-state index contributed by atoms with van der Waals surface area (Å²) < 4.78 is 26.4. The van der Waals surface area contributed by atoms with Crippen LogP contribution in [0.15, 0.2) is 24.3 Å². The summed E-state index contributed by atoms with van der Waals surface area (Å²) in [4.78, 5) is 0. The lowest BCUT2D eigenvalue weighted by Gasteiger charge is -2.28. The fourth-order valence-electron chi connectivity index (χ4n) is 1.42. The maximum atomic E-state index is 12.0. The quantitative estimate of drug-likeness (QED) is 0.847. The van der Waals surface area contributed by atoms with Crippen LogP contribution in [-0.2, 0) is 15.8 Å². The van der Waals surface area contributed by atoms with Gasteiger partial charge in [0.15, 0.2) is 0 Å². The van der Waals surface area contributed by atoms with E-state index in [1.54, 1.807) is 38.1 Å². The molecule has 0 aromatic heterocycles. The van der Waals surface area contributed by atoms with Crippen molar-refractivity contribution >= 4 is 10.0 Å². The van der Waals surface area contributed by atoms with Crippen molar-refractivity contribution in [3.05, 3.63) is 35.4 Å². The van der Waals surface area contributed by atoms with Gasteiger partial charge in [-0.25, -0.2) is 13.1 Å². The zero-order valence-corrected chi connectivity index (χ0v) is 12.0. The van der Waals surface area contributed by atoms with Crippen molar-refractivity contribution in [3.63, 3.8) is 0 Å². The number of nitrogens with zero attached hydrogens (tertiary/aromatic N) is 1. The van der Waals surface area contributed by atoms with Crippen LogP contribution >= 0.6 is 0 Å². The fraction of sp³-hybridized carbons (Fsp3) is 0.462. The minimum absolute atomic E-state index is 0.186. The van der Waals surface area contributed by atoms with Gasteiger partial charge in [-0.3, -0.25) is 0 Å². The van der Waals surface area contributed by atoms with Gasteiger partial charge in [0.2, 0.25) is 10.0 Å². The Hall–Kier alpha value is -1.42. The monoisotopic (exact) mass is 282 g/mol. The number of aliphatic hydroxyl groups excluding tert-OH is 1. The van der Waals surface area contributed by atoms with Gasteiger partial charge >= 0.3 is 0 Å². The molecular weight excluding hydrogens is 264 g/mol. The van der Waals surface area contributed by atoms with E-state index in [4.69, 9.17) is 5.26 Å². The van der Waals surface area contributed by atoms with Crippen LogP contribution in [0, 0.1) is 11.3 Å². The molecule has 0 saturated carbocycles. The zero-order valence-electron chi connectivity index (χ0n) is 11.2. The number of nitriles is 1. The van der Waals surface area contributed by atoms with E-state index in [0.29, 0.717) is 11.1 Å². The summed E-state index contributed by atoms with van der Waals surface area (Å²) in [6.07, 6.45) is -0.803. The van der Waals surface area contributed by atoms with Crippen LogP contribution in [0.3, 0.4) is 0 Å². The number of sulfonamides is 1. The van der Waals surface area contributed by atoms with Crippen molar-refractivity contribution in [1.82, 2.24) is 4.72 Å². The molecule has 0 aliphatic rings. The van der Waals surface area contributed by atoms with Gasteiger partial charge in [-0.15, -0.1) is 0 Å². The average Bonchev–Trinajstić information content (AvgIpc) is 2.27. The molecule has 1 atom stereocenters. The summed E-state index contributed by atoms with van der Waals surface area (Å²) in [6.45, 7) is 4.77. The van der Waals surface area contributed by atoms with Crippen LogP contribution in [0.25, 0.3) is 0 Å². The summed E-state index contributed by atoms with van der Waals surface area (Å²) >= 11 is 0. The fourth-order valence-corrected chi connectivity index (χ4v) is 3.09. The number of nitrogens with one attached hydrogen (secondary N) is 1. The van der Waals surface area contributed by atoms with Gasteiger partial charge in [0.25, 0.3) is 0 Å². The average molecular weight is 282 g/mol. The highest BCUT2D eigenvalue weighted by Gasteiger charge is 2.29. The molecule has 0 heterocycles. The Morgan fingerprint density at radius 1 is 1.37 bits per heavy atom. The molecule has 0 aliphatic heterocycles. The van der Waals surface area contributed by atoms with Gasteiger partial charge in [0.1, 0.15) is 0 Å². The SMILES string of the molecule is CC(O)C(C)(C)NS(=O)(=O)Cc1ccc(C#N)cc1. The Bertz CT molecular complexity index is 569. The van der Waals surface area contributed by atoms with Gasteiger partial charge < -0.3 is 5.11 Å². The molecule has 104 valence electrons. The number of rotatable bonds is 5. The first-order valence-corrected chi connectivity index (χ1v) is 7.50. The molecule has 0 saturated heterocycles. The molecule has 19 heavy (non-hydrogen) atoms. The molecule has 1 rings (SSSR count). The smallest absolute Gasteiger partial charge is 0.216 e. The molecule has 0 amide bonds. The largest absolute Gasteiger partial charge is 0.391 e. The van der Waals surface area contributed by atoms with Gasteiger partial charge in [-0.1, -0.05) is 12.1 Å². The number of hydrogen-bond acceptors (Lipinski definition) is 4. The lowest BCUT2D eigenvalue weighted by Crippen LogP contribution is -2.51. The van der Waals surface area contributed by atoms with E-state index in [9.17, 15) is 13.5 Å². The van der Waals surface area contributed by atoms with Crippen LogP contribution < -0.4 is 4.72 Å². The highest BCUT2D eigenvalue weighted by atomic mass is 32.2. The van der Waals surface area contributed by atoms with E-state index >= 15 is 0 Å². The molecule has 0 fully saturated rings. The van der Waals surface area contributed by atoms with Crippen molar-refractivity contribution in [2.75, 3.05) is 0 Å². The molecule has 1 aromatic carbocycles. The molecular formula is C13H18N2O3S. The molecule has 6 heteroatoms. The maximum Gasteiger partial charge on any atom is 0.216 e. The number of benzene rings is 1. The third kappa shape index (κ3) is 4.63. The zero-order chi connectivity index (χ0) is 14.7. The first kappa shape index (κ1) is 15.6. The molecule has 5 nitrogen and oxygen atoms in total. The lowest BCUT2D eigenvalue weighted by molar-refractivity contribution is 0.111. The molecule has 2 N–H and O–H groups in total. The summed E-state index contributed by atoms with van der Waals surface area (Å²) in [5.74, 6) is -0.186. The Labute approximate surface area is 113 Å². The molecule has 1 unspecified atom stereocenters. The van der Waals surface area contributed by atoms with Crippen LogP contribution in [-0.4, -0.2) is 25.2 Å². The van der Waals surface area contributed by atoms with E-state index in [1.807, 2.05) is 6.07 Å². The number of hydrogen-bond donors (Lipinski definition) is 2. The molecule has 1 aromatic rings. The highest BCUT2D eigenvalue weighted by Crippen LogP contribution is 2.13. The highest BCUT2D eigenvalue weighted by molar-refractivity contribution is 7.88. The van der Waals surface area contributed by atoms with Crippen molar-refractivity contribution in [2.24, 2.45) is 0 Å². The minimum Gasteiger partial charge on any atom is -0.391 e. The Morgan fingerprint density at radius 3 is 2.32 bits per heavy atom. The second-order valence-electron chi connectivity index (χ2n) is 5.07. The lowest BCUT2D eigenvalue weighted by atomic mass is 10.0. The standard InChI is InChI=1S/C13H18N2O3S/c1-10(16)13(2,3)15-19(17,18)9-12-6-4-11(8-14)5-7-12/h4-7,10,15-16H,9H2,1-3H3. The molecule has 0 spiro atoms. The third-order valence-electron chi connectivity index (χ3n) is 2.90. The first-order chi connectivity index (χ1) is 8.66. The van der Waals surface area contributed by atoms with Crippen molar-refractivity contribution in [2.45, 2.75) is 38.2 Å². The summed E-state index contributed by atoms with van der Waals surface area (Å²) in [7, 11) is -3.55. The van der Waals surface area contributed by atoms with E-state index in [1.165, 1.54) is 6.92 Å². The van der Waals surface area contributed by atoms with Gasteiger partial charge in [-0.05, 0) is 38.5 Å². The summed E-state index contributed by atoms with van der Waals surface area (Å²) in [5.41, 5.74) is 0.150. The van der Waals surface area contributed by atoms with Crippen molar-refractivity contribution < 1.29 is 13.5 Å². The van der Waals surface area contributed by atoms with Crippen LogP contribution in [0.5, 0.6) is 0 Å². The second-order valence-corrected chi connectivity index (χ2v) is 6.79. The predicted octanol–water partition coefficient (Wildman–Crippen LogP) is 1.14. The van der Waals surface area contributed by atoms with E-state index in [0.717, 1.165) is 0 Å². The summed E-state index contributed by atoms with van der Waals surface area (Å²) in [6, 6.07) is 8.33. The van der Waals surface area contributed by atoms with E-state index in [-0.39, 0.29) is 5.75 Å². The predicted molar refractivity (Wildman–Crippen MR) is 72.7 cm³/mol. The van der Waals surface area contributed by atoms with Gasteiger partial charge in [0.05, 0.1) is 29.0 Å². The third-order valence-corrected chi connectivity index (χ3v) is 4.45. The number of aliphatic hydroxyl groups is 1. The normalized spacial score (nSPS) is 13.8. The van der Waals surface area contributed by atoms with Crippen LogP contribution in [0.1, 0.15) is 31.9 Å².